The lowest BCUT2D eigenvalue weighted by Gasteiger charge is -2.15. The third kappa shape index (κ3) is 6.89. The molecular formula is C16H20F3NO4. The van der Waals surface area contributed by atoms with Crippen molar-refractivity contribution in [2.24, 2.45) is 11.8 Å². The summed E-state index contributed by atoms with van der Waals surface area (Å²) < 4.78 is 42.7. The van der Waals surface area contributed by atoms with Crippen LogP contribution in [0, 0.1) is 11.8 Å². The maximum Gasteiger partial charge on any atom is 0.416 e. The minimum atomic E-state index is -4.49. The van der Waals surface area contributed by atoms with Crippen LogP contribution in [0.2, 0.25) is 0 Å². The van der Waals surface area contributed by atoms with Gasteiger partial charge in [-0.25, -0.2) is 0 Å². The summed E-state index contributed by atoms with van der Waals surface area (Å²) >= 11 is 0. The molecule has 0 aliphatic heterocycles. The molecule has 1 aromatic rings. The van der Waals surface area contributed by atoms with Gasteiger partial charge >= 0.3 is 12.1 Å². The predicted molar refractivity (Wildman–Crippen MR) is 80.5 cm³/mol. The quantitative estimate of drug-likeness (QED) is 0.758. The number of amides is 1. The summed E-state index contributed by atoms with van der Waals surface area (Å²) in [5.74, 6) is -2.26. The van der Waals surface area contributed by atoms with Gasteiger partial charge in [0.05, 0.1) is 11.5 Å². The van der Waals surface area contributed by atoms with Gasteiger partial charge in [0, 0.05) is 6.54 Å². The lowest BCUT2D eigenvalue weighted by molar-refractivity contribution is -0.142. The van der Waals surface area contributed by atoms with Crippen LogP contribution in [0.4, 0.5) is 13.2 Å². The zero-order chi connectivity index (χ0) is 18.3. The summed E-state index contributed by atoms with van der Waals surface area (Å²) in [5, 5.41) is 11.5. The van der Waals surface area contributed by atoms with Gasteiger partial charge in [0.1, 0.15) is 5.75 Å². The van der Waals surface area contributed by atoms with Crippen molar-refractivity contribution in [3.05, 3.63) is 29.8 Å². The van der Waals surface area contributed by atoms with E-state index in [9.17, 15) is 22.8 Å². The Morgan fingerprint density at radius 2 is 1.96 bits per heavy atom. The van der Waals surface area contributed by atoms with E-state index in [0.29, 0.717) is 6.42 Å². The van der Waals surface area contributed by atoms with Gasteiger partial charge in [-0.3, -0.25) is 9.59 Å². The van der Waals surface area contributed by atoms with Gasteiger partial charge < -0.3 is 15.2 Å². The van der Waals surface area contributed by atoms with Crippen LogP contribution in [0.3, 0.4) is 0 Å². The van der Waals surface area contributed by atoms with E-state index in [4.69, 9.17) is 9.84 Å². The number of hydrogen-bond acceptors (Lipinski definition) is 3. The number of carboxylic acids is 1. The molecule has 1 unspecified atom stereocenters. The van der Waals surface area contributed by atoms with Crippen LogP contribution in [0.5, 0.6) is 5.75 Å². The maximum atomic E-state index is 12.6. The first-order valence-corrected chi connectivity index (χ1v) is 7.39. The molecule has 0 saturated carbocycles. The number of carbonyl (C=O) groups is 2. The highest BCUT2D eigenvalue weighted by atomic mass is 19.4. The number of alkyl halides is 3. The molecule has 0 radical (unpaired) electrons. The maximum absolute atomic E-state index is 12.6. The molecule has 2 N–H and O–H groups in total. The Labute approximate surface area is 137 Å². The first-order chi connectivity index (χ1) is 11.1. The molecule has 0 heterocycles. The van der Waals surface area contributed by atoms with Gasteiger partial charge in [-0.05, 0) is 30.5 Å². The van der Waals surface area contributed by atoms with Gasteiger partial charge in [-0.1, -0.05) is 19.9 Å². The second-order valence-corrected chi connectivity index (χ2v) is 5.78. The molecule has 1 atom stereocenters. The van der Waals surface area contributed by atoms with Crippen molar-refractivity contribution < 1.29 is 32.6 Å². The zero-order valence-electron chi connectivity index (χ0n) is 13.4. The minimum Gasteiger partial charge on any atom is -0.484 e. The molecule has 0 aliphatic rings. The Morgan fingerprint density at radius 3 is 2.50 bits per heavy atom. The Kier molecular flexibility index (Phi) is 7.06. The zero-order valence-corrected chi connectivity index (χ0v) is 13.4. The third-order valence-electron chi connectivity index (χ3n) is 3.18. The smallest absolute Gasteiger partial charge is 0.416 e. The molecule has 0 saturated heterocycles. The number of benzene rings is 1. The van der Waals surface area contributed by atoms with E-state index in [1.165, 1.54) is 12.1 Å². The molecule has 24 heavy (non-hydrogen) atoms. The molecule has 1 rings (SSSR count). The second-order valence-electron chi connectivity index (χ2n) is 5.78. The van der Waals surface area contributed by atoms with Gasteiger partial charge in [0.2, 0.25) is 0 Å². The van der Waals surface area contributed by atoms with Gasteiger partial charge in [-0.15, -0.1) is 0 Å². The molecule has 134 valence electrons. The fraction of sp³-hybridized carbons (Fsp3) is 0.500. The summed E-state index contributed by atoms with van der Waals surface area (Å²) in [4.78, 5) is 22.7. The lowest BCUT2D eigenvalue weighted by atomic mass is 9.97. The van der Waals surface area contributed by atoms with Crippen molar-refractivity contribution in [1.82, 2.24) is 5.32 Å². The Morgan fingerprint density at radius 1 is 1.29 bits per heavy atom. The molecular weight excluding hydrogens is 327 g/mol. The van der Waals surface area contributed by atoms with Crippen LogP contribution in [-0.2, 0) is 15.8 Å². The van der Waals surface area contributed by atoms with Gasteiger partial charge in [0.15, 0.2) is 6.61 Å². The van der Waals surface area contributed by atoms with Crippen molar-refractivity contribution in [3.8, 4) is 5.75 Å². The van der Waals surface area contributed by atoms with Gasteiger partial charge in [-0.2, -0.15) is 13.2 Å². The number of rotatable bonds is 8. The standard InChI is InChI=1S/C16H20F3NO4/c1-10(2)6-11(15(22)23)8-20-14(21)9-24-13-5-3-4-12(7-13)16(17,18)19/h3-5,7,10-11H,6,8-9H2,1-2H3,(H,20,21)(H,22,23). The predicted octanol–water partition coefficient (Wildman–Crippen LogP) is 2.95. The molecule has 0 spiro atoms. The van der Waals surface area contributed by atoms with Crippen LogP contribution in [0.15, 0.2) is 24.3 Å². The van der Waals surface area contributed by atoms with Crippen molar-refractivity contribution in [1.29, 1.82) is 0 Å². The van der Waals surface area contributed by atoms with E-state index in [1.807, 2.05) is 13.8 Å². The average Bonchev–Trinajstić information content (AvgIpc) is 2.48. The highest BCUT2D eigenvalue weighted by Gasteiger charge is 2.30. The van der Waals surface area contributed by atoms with Crippen molar-refractivity contribution in [2.45, 2.75) is 26.4 Å². The van der Waals surface area contributed by atoms with Crippen LogP contribution >= 0.6 is 0 Å². The molecule has 1 amide bonds. The number of carboxylic acid groups (broad SMARTS) is 1. The van der Waals surface area contributed by atoms with Crippen molar-refractivity contribution in [2.75, 3.05) is 13.2 Å². The minimum absolute atomic E-state index is 0.0572. The molecule has 0 fully saturated rings. The molecule has 8 heteroatoms. The normalized spacial score (nSPS) is 12.8. The fourth-order valence-corrected chi connectivity index (χ4v) is 2.04. The molecule has 5 nitrogen and oxygen atoms in total. The van der Waals surface area contributed by atoms with Crippen LogP contribution in [0.25, 0.3) is 0 Å². The van der Waals surface area contributed by atoms with E-state index in [-0.39, 0.29) is 18.2 Å². The van der Waals surface area contributed by atoms with Crippen molar-refractivity contribution >= 4 is 11.9 Å². The molecule has 0 bridgehead atoms. The van der Waals surface area contributed by atoms with Crippen LogP contribution in [-0.4, -0.2) is 30.1 Å². The summed E-state index contributed by atoms with van der Waals surface area (Å²) in [5.41, 5.74) is -0.872. The summed E-state index contributed by atoms with van der Waals surface area (Å²) in [6, 6.07) is 4.18. The largest absolute Gasteiger partial charge is 0.484 e. The van der Waals surface area contributed by atoms with E-state index in [0.717, 1.165) is 12.1 Å². The summed E-state index contributed by atoms with van der Waals surface area (Å²) in [6.07, 6.45) is -4.09. The van der Waals surface area contributed by atoms with E-state index in [2.05, 4.69) is 5.32 Å². The van der Waals surface area contributed by atoms with Crippen LogP contribution < -0.4 is 10.1 Å². The number of hydrogen-bond donors (Lipinski definition) is 2. The first kappa shape index (κ1) is 19.8. The number of carbonyl (C=O) groups excluding carboxylic acids is 1. The third-order valence-corrected chi connectivity index (χ3v) is 3.18. The van der Waals surface area contributed by atoms with Crippen molar-refractivity contribution in [3.63, 3.8) is 0 Å². The van der Waals surface area contributed by atoms with E-state index in [1.54, 1.807) is 0 Å². The molecule has 1 aromatic carbocycles. The molecule has 0 aromatic heterocycles. The van der Waals surface area contributed by atoms with Crippen LogP contribution in [0.1, 0.15) is 25.8 Å². The SMILES string of the molecule is CC(C)CC(CNC(=O)COc1cccc(C(F)(F)F)c1)C(=O)O. The first-order valence-electron chi connectivity index (χ1n) is 7.39. The molecule has 0 aliphatic carbocycles. The second kappa shape index (κ2) is 8.56. The van der Waals surface area contributed by atoms with E-state index < -0.39 is 36.1 Å². The number of aliphatic carboxylic acids is 1. The van der Waals surface area contributed by atoms with Gasteiger partial charge in [0.25, 0.3) is 5.91 Å². The lowest BCUT2D eigenvalue weighted by Crippen LogP contribution is -2.36. The fourth-order valence-electron chi connectivity index (χ4n) is 2.04. The topological polar surface area (TPSA) is 75.6 Å². The van der Waals surface area contributed by atoms with E-state index >= 15 is 0 Å². The number of halogens is 3. The number of nitrogens with one attached hydrogen (secondary N) is 1. The number of ether oxygens (including phenoxy) is 1. The highest BCUT2D eigenvalue weighted by molar-refractivity contribution is 5.78. The Bertz CT molecular complexity index is 573. The summed E-state index contributed by atoms with van der Waals surface area (Å²) in [6.45, 7) is 3.19. The highest BCUT2D eigenvalue weighted by Crippen LogP contribution is 2.31. The monoisotopic (exact) mass is 347 g/mol. The Hall–Kier alpha value is -2.25. The Balaban J connectivity index is 2.50. The average molecular weight is 347 g/mol. The summed E-state index contributed by atoms with van der Waals surface area (Å²) in [7, 11) is 0.